The fourth-order valence-electron chi connectivity index (χ4n) is 2.11. The van der Waals surface area contributed by atoms with E-state index in [0.29, 0.717) is 11.4 Å². The summed E-state index contributed by atoms with van der Waals surface area (Å²) < 4.78 is 5.69. The first-order valence-corrected chi connectivity index (χ1v) is 7.64. The first-order chi connectivity index (χ1) is 12.6. The molecular formula is C16H16N8O2. The van der Waals surface area contributed by atoms with Crippen LogP contribution in [0.1, 0.15) is 28.7 Å². The van der Waals surface area contributed by atoms with Crippen molar-refractivity contribution in [3.8, 4) is 5.82 Å². The average Bonchev–Trinajstić information content (AvgIpc) is 3.24. The van der Waals surface area contributed by atoms with Crippen molar-refractivity contribution in [2.75, 3.05) is 5.73 Å². The Morgan fingerprint density at radius 3 is 2.77 bits per heavy atom. The normalized spacial score (nSPS) is 11.8. The number of amides is 1. The second kappa shape index (κ2) is 7.38. The van der Waals surface area contributed by atoms with Gasteiger partial charge in [-0.05, 0) is 35.8 Å². The van der Waals surface area contributed by atoms with Gasteiger partial charge in [-0.15, -0.1) is 5.10 Å². The number of hydrogen-bond acceptors (Lipinski definition) is 8. The highest BCUT2D eigenvalue weighted by atomic mass is 16.6. The SMILES string of the molecule is C/C(C=Cc1ccccc1)=N/NC(=O)c1c(C)nnn1-c1nonc1N. The summed E-state index contributed by atoms with van der Waals surface area (Å²) in [5, 5.41) is 18.8. The van der Waals surface area contributed by atoms with Crippen LogP contribution < -0.4 is 11.2 Å². The maximum atomic E-state index is 12.5. The molecule has 3 rings (SSSR count). The maximum Gasteiger partial charge on any atom is 0.292 e. The monoisotopic (exact) mass is 352 g/mol. The van der Waals surface area contributed by atoms with E-state index in [1.54, 1.807) is 19.9 Å². The van der Waals surface area contributed by atoms with Crippen molar-refractivity contribution >= 4 is 23.5 Å². The Morgan fingerprint density at radius 1 is 1.31 bits per heavy atom. The Morgan fingerprint density at radius 2 is 2.08 bits per heavy atom. The van der Waals surface area contributed by atoms with E-state index in [9.17, 15) is 4.79 Å². The van der Waals surface area contributed by atoms with Gasteiger partial charge in [-0.3, -0.25) is 4.79 Å². The van der Waals surface area contributed by atoms with Gasteiger partial charge in [0.2, 0.25) is 11.6 Å². The third kappa shape index (κ3) is 3.64. The number of nitrogen functional groups attached to an aromatic ring is 1. The van der Waals surface area contributed by atoms with E-state index in [2.05, 4.69) is 35.8 Å². The lowest BCUT2D eigenvalue weighted by atomic mass is 10.2. The Bertz CT molecular complexity index is 971. The quantitative estimate of drug-likeness (QED) is 0.522. The van der Waals surface area contributed by atoms with Gasteiger partial charge in [0.15, 0.2) is 5.69 Å². The van der Waals surface area contributed by atoms with E-state index >= 15 is 0 Å². The van der Waals surface area contributed by atoms with Gasteiger partial charge in [-0.2, -0.15) is 9.78 Å². The summed E-state index contributed by atoms with van der Waals surface area (Å²) in [7, 11) is 0. The zero-order valence-corrected chi connectivity index (χ0v) is 14.1. The Kier molecular flexibility index (Phi) is 4.83. The number of carbonyl (C=O) groups excluding carboxylic acids is 1. The molecule has 3 N–H and O–H groups in total. The summed E-state index contributed by atoms with van der Waals surface area (Å²) in [5.74, 6) is -0.433. The Hall–Kier alpha value is -3.82. The van der Waals surface area contributed by atoms with Crippen molar-refractivity contribution in [1.29, 1.82) is 0 Å². The van der Waals surface area contributed by atoms with Crippen molar-refractivity contribution in [2.45, 2.75) is 13.8 Å². The molecule has 3 aromatic rings. The van der Waals surface area contributed by atoms with Gasteiger partial charge in [-0.25, -0.2) is 10.1 Å². The first kappa shape index (κ1) is 17.0. The number of hydrogen-bond donors (Lipinski definition) is 2. The van der Waals surface area contributed by atoms with Gasteiger partial charge in [0.05, 0.1) is 11.4 Å². The van der Waals surface area contributed by atoms with Gasteiger partial charge in [0, 0.05) is 0 Å². The molecular weight excluding hydrogens is 336 g/mol. The molecule has 2 heterocycles. The minimum Gasteiger partial charge on any atom is -0.378 e. The van der Waals surface area contributed by atoms with Crippen LogP contribution in [0.5, 0.6) is 0 Å². The molecule has 0 saturated heterocycles. The van der Waals surface area contributed by atoms with Crippen LogP contribution >= 0.6 is 0 Å². The minimum absolute atomic E-state index is 0.00516. The molecule has 0 aliphatic carbocycles. The summed E-state index contributed by atoms with van der Waals surface area (Å²) in [6, 6.07) is 9.75. The van der Waals surface area contributed by atoms with E-state index in [4.69, 9.17) is 5.73 Å². The molecule has 0 aliphatic rings. The maximum absolute atomic E-state index is 12.5. The third-order valence-corrected chi connectivity index (χ3v) is 3.40. The average molecular weight is 352 g/mol. The lowest BCUT2D eigenvalue weighted by molar-refractivity contribution is 0.0946. The highest BCUT2D eigenvalue weighted by Crippen LogP contribution is 2.14. The topological polar surface area (TPSA) is 137 Å². The number of rotatable bonds is 5. The fraction of sp³-hybridized carbons (Fsp3) is 0.125. The molecule has 0 saturated carbocycles. The highest BCUT2D eigenvalue weighted by molar-refractivity contribution is 5.99. The number of benzene rings is 1. The summed E-state index contributed by atoms with van der Waals surface area (Å²) in [5.41, 5.74) is 10.3. The van der Waals surface area contributed by atoms with Crippen LogP contribution in [0, 0.1) is 6.92 Å². The lowest BCUT2D eigenvalue weighted by Crippen LogP contribution is -2.23. The van der Waals surface area contributed by atoms with E-state index in [0.717, 1.165) is 10.2 Å². The van der Waals surface area contributed by atoms with E-state index < -0.39 is 5.91 Å². The second-order valence-corrected chi connectivity index (χ2v) is 5.35. The molecule has 1 amide bonds. The summed E-state index contributed by atoms with van der Waals surface area (Å²) in [6.07, 6.45) is 3.68. The number of nitrogens with zero attached hydrogens (tertiary/aromatic N) is 6. The number of carbonyl (C=O) groups is 1. The molecule has 0 fully saturated rings. The molecule has 0 aliphatic heterocycles. The molecule has 1 aromatic carbocycles. The first-order valence-electron chi connectivity index (χ1n) is 7.64. The smallest absolute Gasteiger partial charge is 0.292 e. The van der Waals surface area contributed by atoms with Gasteiger partial charge < -0.3 is 5.73 Å². The number of nitrogens with two attached hydrogens (primary N) is 1. The molecule has 0 atom stereocenters. The fourth-order valence-corrected chi connectivity index (χ4v) is 2.11. The van der Waals surface area contributed by atoms with Gasteiger partial charge in [-0.1, -0.05) is 41.6 Å². The number of hydrazone groups is 1. The highest BCUT2D eigenvalue weighted by Gasteiger charge is 2.22. The molecule has 0 bridgehead atoms. The van der Waals surface area contributed by atoms with Gasteiger partial charge >= 0.3 is 0 Å². The van der Waals surface area contributed by atoms with Crippen LogP contribution in [0.2, 0.25) is 0 Å². The summed E-state index contributed by atoms with van der Waals surface area (Å²) >= 11 is 0. The largest absolute Gasteiger partial charge is 0.378 e. The van der Waals surface area contributed by atoms with Crippen molar-refractivity contribution in [3.63, 3.8) is 0 Å². The van der Waals surface area contributed by atoms with Gasteiger partial charge in [0.25, 0.3) is 5.91 Å². The molecule has 10 heteroatoms. The van der Waals surface area contributed by atoms with Crippen LogP contribution in [-0.2, 0) is 0 Å². The van der Waals surface area contributed by atoms with Crippen LogP contribution in [0.3, 0.4) is 0 Å². The van der Waals surface area contributed by atoms with Crippen molar-refractivity contribution in [3.05, 3.63) is 53.4 Å². The number of anilines is 1. The standard InChI is InChI=1S/C16H16N8O2/c1-10(8-9-12-6-4-3-5-7-12)18-20-16(25)13-11(2)19-23-24(13)15-14(17)21-26-22-15/h3-9H,1-2H3,(H2,17,21)(H,20,25)/b9-8?,18-10-. The Labute approximate surface area is 148 Å². The predicted molar refractivity (Wildman–Crippen MR) is 94.4 cm³/mol. The van der Waals surface area contributed by atoms with Crippen LogP contribution in [0.25, 0.3) is 11.9 Å². The minimum atomic E-state index is -0.512. The van der Waals surface area contributed by atoms with Crippen molar-refractivity contribution in [1.82, 2.24) is 30.7 Å². The molecule has 2 aromatic heterocycles. The zero-order chi connectivity index (χ0) is 18.5. The van der Waals surface area contributed by atoms with Crippen LogP contribution in [0.15, 0.2) is 46.1 Å². The molecule has 132 valence electrons. The number of aromatic nitrogens is 5. The predicted octanol–water partition coefficient (Wildman–Crippen LogP) is 1.36. The number of allylic oxidation sites excluding steroid dienone is 1. The van der Waals surface area contributed by atoms with E-state index in [1.165, 1.54) is 0 Å². The molecule has 26 heavy (non-hydrogen) atoms. The molecule has 10 nitrogen and oxygen atoms in total. The summed E-state index contributed by atoms with van der Waals surface area (Å²) in [4.78, 5) is 12.5. The molecule has 0 unspecified atom stereocenters. The van der Waals surface area contributed by atoms with Crippen molar-refractivity contribution < 1.29 is 9.42 Å². The zero-order valence-electron chi connectivity index (χ0n) is 14.1. The summed E-state index contributed by atoms with van der Waals surface area (Å²) in [6.45, 7) is 3.40. The van der Waals surface area contributed by atoms with Crippen molar-refractivity contribution in [2.24, 2.45) is 5.10 Å². The third-order valence-electron chi connectivity index (χ3n) is 3.40. The van der Waals surface area contributed by atoms with Crippen LogP contribution in [-0.4, -0.2) is 36.9 Å². The number of nitrogens with one attached hydrogen (secondary N) is 1. The number of aryl methyl sites for hydroxylation is 1. The van der Waals surface area contributed by atoms with Gasteiger partial charge in [0.1, 0.15) is 0 Å². The van der Waals surface area contributed by atoms with E-state index in [1.807, 2.05) is 36.4 Å². The van der Waals surface area contributed by atoms with E-state index in [-0.39, 0.29) is 17.3 Å². The molecule has 0 spiro atoms. The Balaban J connectivity index is 1.76. The second-order valence-electron chi connectivity index (χ2n) is 5.35. The van der Waals surface area contributed by atoms with Crippen LogP contribution in [0.4, 0.5) is 5.82 Å². The molecule has 0 radical (unpaired) electrons. The lowest BCUT2D eigenvalue weighted by Gasteiger charge is -2.03.